The summed E-state index contributed by atoms with van der Waals surface area (Å²) in [5.41, 5.74) is 5.43. The van der Waals surface area contributed by atoms with Gasteiger partial charge < -0.3 is 5.32 Å². The molecule has 0 aromatic heterocycles. The van der Waals surface area contributed by atoms with Crippen LogP contribution in [0.1, 0.15) is 29.2 Å². The fraction of sp³-hybridized carbons (Fsp3) is 0.250. The molecule has 1 aliphatic carbocycles. The van der Waals surface area contributed by atoms with Crippen molar-refractivity contribution in [2.75, 3.05) is 5.32 Å². The Morgan fingerprint density at radius 3 is 2.89 bits per heavy atom. The lowest BCUT2D eigenvalue weighted by atomic mass is 10.1. The monoisotopic (exact) mass is 301 g/mol. The lowest BCUT2D eigenvalue weighted by Gasteiger charge is -2.16. The summed E-state index contributed by atoms with van der Waals surface area (Å²) in [7, 11) is 0. The van der Waals surface area contributed by atoms with Gasteiger partial charge in [-0.05, 0) is 60.7 Å². The van der Waals surface area contributed by atoms with Crippen LogP contribution in [0, 0.1) is 6.92 Å². The van der Waals surface area contributed by atoms with E-state index < -0.39 is 0 Å². The van der Waals surface area contributed by atoms with Crippen LogP contribution in [0.2, 0.25) is 0 Å². The van der Waals surface area contributed by atoms with Gasteiger partial charge >= 0.3 is 0 Å². The first-order valence-corrected chi connectivity index (χ1v) is 7.13. The molecule has 0 amide bonds. The summed E-state index contributed by atoms with van der Waals surface area (Å²) in [5.74, 6) is 0. The third-order valence-corrected chi connectivity index (χ3v) is 4.04. The molecule has 1 aliphatic rings. The minimum Gasteiger partial charge on any atom is -0.378 e. The molecule has 0 saturated carbocycles. The molecule has 0 spiro atoms. The average molecular weight is 302 g/mol. The van der Waals surface area contributed by atoms with Crippen LogP contribution in [0.4, 0.5) is 5.69 Å². The molecular formula is C16H16BrN. The highest BCUT2D eigenvalue weighted by atomic mass is 79.9. The van der Waals surface area contributed by atoms with E-state index in [0.29, 0.717) is 6.04 Å². The van der Waals surface area contributed by atoms with E-state index in [4.69, 9.17) is 0 Å². The Hall–Kier alpha value is -1.28. The van der Waals surface area contributed by atoms with Gasteiger partial charge in [0.05, 0.1) is 6.04 Å². The van der Waals surface area contributed by atoms with Crippen molar-refractivity contribution >= 4 is 21.6 Å². The largest absolute Gasteiger partial charge is 0.378 e. The normalized spacial score (nSPS) is 17.6. The zero-order valence-electron chi connectivity index (χ0n) is 10.4. The molecule has 1 N–H and O–H groups in total. The van der Waals surface area contributed by atoms with Gasteiger partial charge in [0, 0.05) is 10.2 Å². The van der Waals surface area contributed by atoms with E-state index in [-0.39, 0.29) is 0 Å². The number of hydrogen-bond acceptors (Lipinski definition) is 1. The smallest absolute Gasteiger partial charge is 0.0519 e. The number of nitrogens with one attached hydrogen (secondary N) is 1. The molecule has 3 rings (SSSR count). The Bertz CT molecular complexity index is 577. The molecule has 2 aromatic rings. The number of benzene rings is 2. The second-order valence-electron chi connectivity index (χ2n) is 4.95. The second kappa shape index (κ2) is 4.77. The summed E-state index contributed by atoms with van der Waals surface area (Å²) >= 11 is 3.54. The molecule has 2 heteroatoms. The fourth-order valence-electron chi connectivity index (χ4n) is 2.67. The second-order valence-corrected chi connectivity index (χ2v) is 5.86. The molecule has 0 heterocycles. The minimum atomic E-state index is 0.454. The quantitative estimate of drug-likeness (QED) is 0.835. The van der Waals surface area contributed by atoms with Crippen molar-refractivity contribution in [3.8, 4) is 0 Å². The van der Waals surface area contributed by atoms with E-state index in [9.17, 15) is 0 Å². The molecule has 0 bridgehead atoms. The maximum absolute atomic E-state index is 3.64. The van der Waals surface area contributed by atoms with Crippen molar-refractivity contribution in [2.45, 2.75) is 25.8 Å². The number of aryl methyl sites for hydroxylation is 2. The lowest BCUT2D eigenvalue weighted by Crippen LogP contribution is -2.06. The van der Waals surface area contributed by atoms with Gasteiger partial charge in [-0.2, -0.15) is 0 Å². The van der Waals surface area contributed by atoms with Crippen molar-refractivity contribution in [2.24, 2.45) is 0 Å². The Kier molecular flexibility index (Phi) is 3.13. The molecule has 0 aliphatic heterocycles. The summed E-state index contributed by atoms with van der Waals surface area (Å²) in [6.45, 7) is 2.13. The van der Waals surface area contributed by atoms with Gasteiger partial charge in [0.2, 0.25) is 0 Å². The molecule has 18 heavy (non-hydrogen) atoms. The highest BCUT2D eigenvalue weighted by Gasteiger charge is 2.22. The van der Waals surface area contributed by atoms with E-state index in [0.717, 1.165) is 6.42 Å². The molecule has 2 aromatic carbocycles. The summed E-state index contributed by atoms with van der Waals surface area (Å²) < 4.78 is 1.18. The Morgan fingerprint density at radius 2 is 2.06 bits per heavy atom. The number of hydrogen-bond donors (Lipinski definition) is 1. The number of fused-ring (bicyclic) bond motifs is 1. The molecule has 0 radical (unpaired) electrons. The SMILES string of the molecule is Cc1cccc(NC2CCc3cc(Br)ccc32)c1. The molecule has 0 saturated heterocycles. The zero-order chi connectivity index (χ0) is 12.5. The highest BCUT2D eigenvalue weighted by Crippen LogP contribution is 2.35. The predicted octanol–water partition coefficient (Wildman–Crippen LogP) is 4.86. The van der Waals surface area contributed by atoms with E-state index >= 15 is 0 Å². The summed E-state index contributed by atoms with van der Waals surface area (Å²) in [4.78, 5) is 0. The summed E-state index contributed by atoms with van der Waals surface area (Å²) in [6, 6.07) is 15.7. The van der Waals surface area contributed by atoms with Crippen LogP contribution < -0.4 is 5.32 Å². The predicted molar refractivity (Wildman–Crippen MR) is 80.0 cm³/mol. The average Bonchev–Trinajstić information content (AvgIpc) is 2.72. The van der Waals surface area contributed by atoms with Crippen LogP contribution in [0.5, 0.6) is 0 Å². The third kappa shape index (κ3) is 2.30. The summed E-state index contributed by atoms with van der Waals surface area (Å²) in [5, 5.41) is 3.64. The number of halogens is 1. The molecule has 0 fully saturated rings. The topological polar surface area (TPSA) is 12.0 Å². The first kappa shape index (κ1) is 11.8. The van der Waals surface area contributed by atoms with Crippen LogP contribution >= 0.6 is 15.9 Å². The van der Waals surface area contributed by atoms with Crippen LogP contribution in [-0.4, -0.2) is 0 Å². The van der Waals surface area contributed by atoms with E-state index in [1.165, 1.54) is 33.3 Å². The van der Waals surface area contributed by atoms with Gasteiger partial charge in [-0.15, -0.1) is 0 Å². The number of anilines is 1. The number of rotatable bonds is 2. The maximum Gasteiger partial charge on any atom is 0.0519 e. The molecule has 1 unspecified atom stereocenters. The molecule has 92 valence electrons. The van der Waals surface area contributed by atoms with Crippen molar-refractivity contribution < 1.29 is 0 Å². The first-order chi connectivity index (χ1) is 8.72. The van der Waals surface area contributed by atoms with Gasteiger partial charge in [0.25, 0.3) is 0 Å². The fourth-order valence-corrected chi connectivity index (χ4v) is 3.08. The van der Waals surface area contributed by atoms with Gasteiger partial charge in [-0.3, -0.25) is 0 Å². The van der Waals surface area contributed by atoms with E-state index in [1.54, 1.807) is 0 Å². The molecule has 1 atom stereocenters. The standard InChI is InChI=1S/C16H16BrN/c1-11-3-2-4-14(9-11)18-16-8-5-12-10-13(17)6-7-15(12)16/h2-4,6-7,9-10,16,18H,5,8H2,1H3. The van der Waals surface area contributed by atoms with E-state index in [1.807, 2.05) is 0 Å². The molecule has 1 nitrogen and oxygen atoms in total. The van der Waals surface area contributed by atoms with Crippen LogP contribution in [-0.2, 0) is 6.42 Å². The summed E-state index contributed by atoms with van der Waals surface area (Å²) in [6.07, 6.45) is 2.35. The maximum atomic E-state index is 3.64. The van der Waals surface area contributed by atoms with Crippen LogP contribution in [0.25, 0.3) is 0 Å². The Morgan fingerprint density at radius 1 is 1.17 bits per heavy atom. The van der Waals surface area contributed by atoms with Crippen molar-refractivity contribution in [3.05, 3.63) is 63.6 Å². The minimum absolute atomic E-state index is 0.454. The lowest BCUT2D eigenvalue weighted by molar-refractivity contribution is 0.762. The third-order valence-electron chi connectivity index (χ3n) is 3.54. The zero-order valence-corrected chi connectivity index (χ0v) is 12.0. The van der Waals surface area contributed by atoms with Gasteiger partial charge in [0.1, 0.15) is 0 Å². The van der Waals surface area contributed by atoms with Gasteiger partial charge in [-0.1, -0.05) is 34.1 Å². The Labute approximate surface area is 116 Å². The van der Waals surface area contributed by atoms with Crippen LogP contribution in [0.3, 0.4) is 0 Å². The Balaban J connectivity index is 1.85. The van der Waals surface area contributed by atoms with Crippen molar-refractivity contribution in [1.82, 2.24) is 0 Å². The van der Waals surface area contributed by atoms with E-state index in [2.05, 4.69) is 70.6 Å². The van der Waals surface area contributed by atoms with Crippen LogP contribution in [0.15, 0.2) is 46.9 Å². The van der Waals surface area contributed by atoms with Crippen molar-refractivity contribution in [1.29, 1.82) is 0 Å². The van der Waals surface area contributed by atoms with Crippen molar-refractivity contribution in [3.63, 3.8) is 0 Å². The van der Waals surface area contributed by atoms with Gasteiger partial charge in [0.15, 0.2) is 0 Å². The first-order valence-electron chi connectivity index (χ1n) is 6.34. The molecular weight excluding hydrogens is 286 g/mol. The highest BCUT2D eigenvalue weighted by molar-refractivity contribution is 9.10. The van der Waals surface area contributed by atoms with Gasteiger partial charge in [-0.25, -0.2) is 0 Å².